The maximum atomic E-state index is 2.56. The van der Waals surface area contributed by atoms with E-state index < -0.39 is 10.8 Å². The molecule has 0 saturated carbocycles. The number of benzene rings is 22. The highest BCUT2D eigenvalue weighted by Crippen LogP contribution is 2.62. The smallest absolute Gasteiger partial charge is 0.0734 e. The number of hydrogen-bond acceptors (Lipinski definition) is 0. The summed E-state index contributed by atoms with van der Waals surface area (Å²) in [5, 5.41) is 14.9. The predicted molar refractivity (Wildman–Crippen MR) is 562 cm³/mol. The zero-order chi connectivity index (χ0) is 88.1. The average molecular weight is 1700 g/mol. The van der Waals surface area contributed by atoms with Crippen molar-refractivity contribution >= 4 is 109 Å². The van der Waals surface area contributed by atoms with Crippen LogP contribution in [0.5, 0.6) is 0 Å². The van der Waals surface area contributed by atoms with Crippen LogP contribution in [-0.4, -0.2) is 18.3 Å². The van der Waals surface area contributed by atoms with E-state index >= 15 is 0 Å². The van der Waals surface area contributed by atoms with E-state index in [1.807, 2.05) is 0 Å². The van der Waals surface area contributed by atoms with Gasteiger partial charge in [-0.2, -0.15) is 0 Å². The van der Waals surface area contributed by atoms with Crippen molar-refractivity contribution in [2.75, 3.05) is 0 Å². The van der Waals surface area contributed by atoms with Crippen LogP contribution in [0.4, 0.5) is 0 Å². The minimum absolute atomic E-state index is 0.564. The van der Waals surface area contributed by atoms with Crippen LogP contribution in [0.3, 0.4) is 0 Å². The monoisotopic (exact) mass is 1700 g/mol. The first-order chi connectivity index (χ1) is 66.5. The van der Waals surface area contributed by atoms with Crippen LogP contribution in [-0.2, 0) is 10.8 Å². The first-order valence-electron chi connectivity index (χ1n) is 46.5. The molecule has 28 rings (SSSR count). The van der Waals surface area contributed by atoms with Gasteiger partial charge < -0.3 is 18.3 Å². The molecule has 0 saturated heterocycles. The van der Waals surface area contributed by atoms with Gasteiger partial charge in [0.2, 0.25) is 0 Å². The van der Waals surface area contributed by atoms with Gasteiger partial charge in [0.25, 0.3) is 0 Å². The van der Waals surface area contributed by atoms with Gasteiger partial charge in [0.1, 0.15) is 0 Å². The molecule has 22 aromatic carbocycles. The van der Waals surface area contributed by atoms with Crippen LogP contribution >= 0.6 is 0 Å². The third-order valence-electron chi connectivity index (χ3n) is 29.1. The van der Waals surface area contributed by atoms with Crippen molar-refractivity contribution in [1.29, 1.82) is 0 Å². The summed E-state index contributed by atoms with van der Waals surface area (Å²) in [6.45, 7) is 0. The van der Waals surface area contributed by atoms with E-state index in [1.165, 1.54) is 220 Å². The summed E-state index contributed by atoms with van der Waals surface area (Å²) in [5.41, 5.74) is 38.1. The zero-order valence-corrected chi connectivity index (χ0v) is 73.3. The molecule has 2 aliphatic rings. The topological polar surface area (TPSA) is 19.7 Å². The lowest BCUT2D eigenvalue weighted by Crippen LogP contribution is -2.29. The van der Waals surface area contributed by atoms with Crippen molar-refractivity contribution in [2.24, 2.45) is 0 Å². The largest absolute Gasteiger partial charge is 0.309 e. The van der Waals surface area contributed by atoms with E-state index in [0.29, 0.717) is 0 Å². The summed E-state index contributed by atoms with van der Waals surface area (Å²) in [6, 6.07) is 189. The van der Waals surface area contributed by atoms with Crippen molar-refractivity contribution in [3.05, 3.63) is 554 Å². The van der Waals surface area contributed by atoms with Crippen molar-refractivity contribution < 1.29 is 0 Å². The van der Waals surface area contributed by atoms with Crippen LogP contribution in [0.2, 0.25) is 0 Å². The Morgan fingerprint density at radius 1 is 0.149 bits per heavy atom. The highest BCUT2D eigenvalue weighted by atomic mass is 15.0. The standard InChI is InChI=1S/2C65H42N2/c1-4-17-43(18-5-1)46-21-16-26-51(39-46)66-60-30-15-13-28-54(60)57-41-47(32-37-61(57)66)48-33-38-62-58(42-48)56-36-35-55-53-27-12-14-29-59(53)65(49-22-6-2-7-23-49,50-24-8-3-9-25-50)63(55)64(56)67(62)52-34-31-44-19-10-11-20-45(44)40-52;1-4-17-43(18-5-1)46-21-16-26-51(39-46)66-59-30-15-13-28-54(59)56-41-47(32-36-60(56)66)48-33-37-61-57(42-48)63-62(67(61)52-34-31-44-19-10-11-20-45(44)40-52)38-35-55-53-27-12-14-29-58(53)65(64(55)63,49-22-6-2-7-23-49)50-24-8-3-9-25-50/h2*1-42H. The lowest BCUT2D eigenvalue weighted by Gasteiger charge is -2.34. The van der Waals surface area contributed by atoms with Gasteiger partial charge in [0.15, 0.2) is 0 Å². The Labute approximate surface area is 776 Å². The maximum absolute atomic E-state index is 2.56. The second kappa shape index (κ2) is 30.6. The SMILES string of the molecule is c1ccc(-c2cccc(-n3c4ccccc4c4cc(-c5ccc6c(c5)c5c7c(ccc5n6-c5ccc6ccccc6c5)-c5ccccc5C7(c5ccccc5)c5ccccc5)ccc43)c2)cc1.c1ccc(-c2cccc(-n3c4ccccc4c4cc(-c5ccc6c(c5)c5ccc7c(c5n6-c5ccc6ccccc6c5)C(c5ccccc5)(c5ccccc5)c5ccccc5-7)ccc43)c2)cc1. The van der Waals surface area contributed by atoms with Crippen molar-refractivity contribution in [3.63, 3.8) is 0 Å². The molecule has 2 aliphatic carbocycles. The zero-order valence-electron chi connectivity index (χ0n) is 73.3. The molecule has 26 aromatic rings. The molecular formula is C130H84N4. The Bertz CT molecular complexity index is 9150. The number of para-hydroxylation sites is 2. The van der Waals surface area contributed by atoms with Crippen molar-refractivity contribution in [3.8, 4) is 89.5 Å². The molecule has 0 radical (unpaired) electrons. The third-order valence-corrected chi connectivity index (χ3v) is 29.1. The van der Waals surface area contributed by atoms with Gasteiger partial charge in [0.05, 0.1) is 55.0 Å². The fourth-order valence-electron chi connectivity index (χ4n) is 23.4. The lowest BCUT2D eigenvalue weighted by molar-refractivity contribution is 0.772. The number of rotatable bonds is 12. The lowest BCUT2D eigenvalue weighted by atomic mass is 9.67. The minimum atomic E-state index is -0.570. The van der Waals surface area contributed by atoms with Gasteiger partial charge in [0, 0.05) is 71.4 Å². The highest BCUT2D eigenvalue weighted by Gasteiger charge is 2.50. The second-order valence-electron chi connectivity index (χ2n) is 36.0. The molecule has 4 heteroatoms. The average Bonchev–Trinajstić information content (AvgIpc) is 1.51. The van der Waals surface area contributed by atoms with Crippen molar-refractivity contribution in [1.82, 2.24) is 18.3 Å². The van der Waals surface area contributed by atoms with Crippen LogP contribution in [0.25, 0.3) is 198 Å². The summed E-state index contributed by atoms with van der Waals surface area (Å²) in [5.74, 6) is 0. The highest BCUT2D eigenvalue weighted by molar-refractivity contribution is 6.19. The summed E-state index contributed by atoms with van der Waals surface area (Å²) < 4.78 is 9.92. The van der Waals surface area contributed by atoms with Gasteiger partial charge >= 0.3 is 0 Å². The van der Waals surface area contributed by atoms with E-state index in [0.717, 1.165) is 22.7 Å². The molecule has 624 valence electrons. The van der Waals surface area contributed by atoms with Crippen LogP contribution in [0, 0.1) is 0 Å². The molecule has 0 aliphatic heterocycles. The molecule has 134 heavy (non-hydrogen) atoms. The fraction of sp³-hybridized carbons (Fsp3) is 0.0154. The Morgan fingerprint density at radius 2 is 0.463 bits per heavy atom. The Morgan fingerprint density at radius 3 is 0.933 bits per heavy atom. The molecular weight excluding hydrogens is 1620 g/mol. The molecule has 4 heterocycles. The molecule has 0 unspecified atom stereocenters. The first kappa shape index (κ1) is 76.6. The molecule has 0 fully saturated rings. The maximum Gasteiger partial charge on any atom is 0.0734 e. The van der Waals surface area contributed by atoms with E-state index in [-0.39, 0.29) is 0 Å². The Kier molecular flexibility index (Phi) is 17.5. The molecule has 4 nitrogen and oxygen atoms in total. The summed E-state index contributed by atoms with van der Waals surface area (Å²) in [4.78, 5) is 0. The molecule has 0 amide bonds. The molecule has 0 bridgehead atoms. The third kappa shape index (κ3) is 11.6. The van der Waals surface area contributed by atoms with Crippen LogP contribution in [0.15, 0.2) is 510 Å². The van der Waals surface area contributed by atoms with Gasteiger partial charge in [-0.3, -0.25) is 0 Å². The van der Waals surface area contributed by atoms with Crippen LogP contribution in [0.1, 0.15) is 44.5 Å². The minimum Gasteiger partial charge on any atom is -0.309 e. The normalized spacial score (nSPS) is 12.9. The van der Waals surface area contributed by atoms with Gasteiger partial charge in [-0.1, -0.05) is 394 Å². The van der Waals surface area contributed by atoms with Gasteiger partial charge in [-0.05, 0) is 243 Å². The van der Waals surface area contributed by atoms with E-state index in [1.54, 1.807) is 0 Å². The Balaban J connectivity index is 0.000000136. The number of aromatic nitrogens is 4. The molecule has 4 aromatic heterocycles. The molecule has 0 spiro atoms. The first-order valence-corrected chi connectivity index (χ1v) is 46.5. The quantitative estimate of drug-likeness (QED) is 0.116. The van der Waals surface area contributed by atoms with Gasteiger partial charge in [-0.15, -0.1) is 0 Å². The summed E-state index contributed by atoms with van der Waals surface area (Å²) in [6.07, 6.45) is 0. The number of fused-ring (bicyclic) bond motifs is 22. The molecule has 0 N–H and O–H groups in total. The van der Waals surface area contributed by atoms with Crippen molar-refractivity contribution in [2.45, 2.75) is 10.8 Å². The van der Waals surface area contributed by atoms with E-state index in [2.05, 4.69) is 528 Å². The van der Waals surface area contributed by atoms with E-state index in [4.69, 9.17) is 0 Å². The van der Waals surface area contributed by atoms with Crippen LogP contribution < -0.4 is 0 Å². The Hall–Kier alpha value is -17.4. The number of nitrogens with zero attached hydrogens (tertiary/aromatic N) is 4. The fourth-order valence-corrected chi connectivity index (χ4v) is 23.4. The second-order valence-corrected chi connectivity index (χ2v) is 36.0. The summed E-state index contributed by atoms with van der Waals surface area (Å²) >= 11 is 0. The number of hydrogen-bond donors (Lipinski definition) is 0. The predicted octanol–water partition coefficient (Wildman–Crippen LogP) is 33.5. The van der Waals surface area contributed by atoms with E-state index in [9.17, 15) is 0 Å². The summed E-state index contributed by atoms with van der Waals surface area (Å²) in [7, 11) is 0. The molecule has 0 atom stereocenters. The van der Waals surface area contributed by atoms with Gasteiger partial charge in [-0.25, -0.2) is 0 Å².